The monoisotopic (exact) mass is 568 g/mol. The van der Waals surface area contributed by atoms with Crippen molar-refractivity contribution in [3.63, 3.8) is 0 Å². The molecule has 1 amide bonds. The van der Waals surface area contributed by atoms with E-state index in [-0.39, 0.29) is 32.1 Å². The molecule has 0 atom stereocenters. The molecule has 1 spiro atoms. The Hall–Kier alpha value is -2.90. The molecular weight excluding hydrogens is 541 g/mol. The van der Waals surface area contributed by atoms with Crippen molar-refractivity contribution >= 4 is 54.5 Å². The molecule has 1 saturated heterocycles. The molecule has 13 heteroatoms. The molecule has 1 aliphatic heterocycles. The number of aromatic nitrogens is 1. The zero-order chi connectivity index (χ0) is 27.3. The molecule has 204 valence electrons. The lowest BCUT2D eigenvalue weighted by Crippen LogP contribution is -2.35. The van der Waals surface area contributed by atoms with Crippen molar-refractivity contribution in [2.75, 3.05) is 33.8 Å². The first kappa shape index (κ1) is 26.7. The number of fused-ring (bicyclic) bond motifs is 1. The van der Waals surface area contributed by atoms with E-state index >= 15 is 0 Å². The molecule has 3 heterocycles. The minimum atomic E-state index is -4.62. The highest BCUT2D eigenvalue weighted by atomic mass is 32.2. The highest BCUT2D eigenvalue weighted by Crippen LogP contribution is 2.54. The number of nitrogens with one attached hydrogen (secondary N) is 2. The van der Waals surface area contributed by atoms with Crippen LogP contribution in [0.3, 0.4) is 0 Å². The molecule has 0 unspecified atom stereocenters. The van der Waals surface area contributed by atoms with E-state index in [9.17, 15) is 31.5 Å². The number of piperidine rings is 1. The summed E-state index contributed by atoms with van der Waals surface area (Å²) in [6.45, 7) is 2.43. The highest BCUT2D eigenvalue weighted by Gasteiger charge is 2.44. The maximum Gasteiger partial charge on any atom is 0.417 e. The number of alkyl halides is 3. The van der Waals surface area contributed by atoms with Gasteiger partial charge in [0.25, 0.3) is 5.91 Å². The first-order valence-electron chi connectivity index (χ1n) is 12.2. The zero-order valence-electron chi connectivity index (χ0n) is 20.6. The van der Waals surface area contributed by atoms with Crippen molar-refractivity contribution in [3.8, 4) is 0 Å². The lowest BCUT2D eigenvalue weighted by Gasteiger charge is -2.35. The summed E-state index contributed by atoms with van der Waals surface area (Å²) in [7, 11) is -3.55. The van der Waals surface area contributed by atoms with E-state index in [1.807, 2.05) is 4.90 Å². The number of carbonyl (C=O) groups is 1. The molecule has 38 heavy (non-hydrogen) atoms. The molecule has 5 rings (SSSR count). The Labute approximate surface area is 221 Å². The Morgan fingerprint density at radius 3 is 2.50 bits per heavy atom. The Bertz CT molecular complexity index is 1490. The van der Waals surface area contributed by atoms with Crippen LogP contribution in [0.25, 0.3) is 10.2 Å². The van der Waals surface area contributed by atoms with Crippen molar-refractivity contribution in [2.45, 2.75) is 45.4 Å². The lowest BCUT2D eigenvalue weighted by atomic mass is 9.93. The number of thiophene rings is 1. The molecule has 3 N–H and O–H groups in total. The van der Waals surface area contributed by atoms with Crippen LogP contribution in [0.1, 0.15) is 53.4 Å². The summed E-state index contributed by atoms with van der Waals surface area (Å²) in [5.74, 6) is -0.691. The first-order valence-corrected chi connectivity index (χ1v) is 14.7. The largest absolute Gasteiger partial charge is 0.417 e. The van der Waals surface area contributed by atoms with Gasteiger partial charge in [-0.15, -0.1) is 11.3 Å². The fourth-order valence-electron chi connectivity index (χ4n) is 4.81. The molecule has 1 aliphatic carbocycles. The number of carbonyl (C=O) groups excluding carboxylic acids is 1. The molecule has 3 aromatic rings. The van der Waals surface area contributed by atoms with E-state index in [1.165, 1.54) is 31.9 Å². The number of nitrogens with zero attached hydrogens (tertiary/aromatic N) is 2. The molecule has 8 nitrogen and oxygen atoms in total. The smallest absolute Gasteiger partial charge is 0.391 e. The van der Waals surface area contributed by atoms with Crippen LogP contribution >= 0.6 is 11.3 Å². The minimum absolute atomic E-state index is 0.0772. The molecule has 2 aliphatic rings. The third-order valence-corrected chi connectivity index (χ3v) is 9.75. The lowest BCUT2D eigenvalue weighted by molar-refractivity contribution is -0.137. The fraction of sp³-hybridized carbons (Fsp3) is 0.440. The van der Waals surface area contributed by atoms with Crippen molar-refractivity contribution < 1.29 is 31.5 Å². The number of sulfonamides is 1. The normalized spacial score (nSPS) is 17.1. The number of hydrogen-bond donors (Lipinski definition) is 3. The minimum Gasteiger partial charge on any atom is -0.391 e. The van der Waals surface area contributed by atoms with Crippen LogP contribution in [0.15, 0.2) is 30.5 Å². The Balaban J connectivity index is 1.51. The standard InChI is InChI=1S/C25H27F3N4O4S2/c1-2-38(35,36)31-16-3-4-17(19(12-16)32-9-7-24(5-6-24)8-10-32)22(34)30-21-18-11-15(25(26,27)28)13-29-23(18)37-20(21)14-33/h3-4,11-13,31,33H,2,5-10,14H2,1H3,(H,30,34). The van der Waals surface area contributed by atoms with Gasteiger partial charge in [0.2, 0.25) is 10.0 Å². The molecule has 1 saturated carbocycles. The molecule has 0 radical (unpaired) electrons. The van der Waals surface area contributed by atoms with Gasteiger partial charge in [-0.25, -0.2) is 13.4 Å². The number of aliphatic hydroxyl groups is 1. The number of hydrogen-bond acceptors (Lipinski definition) is 7. The summed E-state index contributed by atoms with van der Waals surface area (Å²) < 4.78 is 66.8. The number of amides is 1. The van der Waals surface area contributed by atoms with Gasteiger partial charge in [-0.05, 0) is 62.3 Å². The van der Waals surface area contributed by atoms with Crippen LogP contribution in [-0.2, 0) is 22.8 Å². The average Bonchev–Trinajstić information content (AvgIpc) is 3.54. The number of aliphatic hydroxyl groups excluding tert-OH is 1. The van der Waals surface area contributed by atoms with Gasteiger partial charge in [0.15, 0.2) is 0 Å². The van der Waals surface area contributed by atoms with Crippen molar-refractivity contribution in [3.05, 3.63) is 46.5 Å². The van der Waals surface area contributed by atoms with Gasteiger partial charge >= 0.3 is 6.18 Å². The van der Waals surface area contributed by atoms with Gasteiger partial charge in [0.1, 0.15) is 4.83 Å². The zero-order valence-corrected chi connectivity index (χ0v) is 22.2. The first-order chi connectivity index (χ1) is 17.9. The maximum absolute atomic E-state index is 13.6. The van der Waals surface area contributed by atoms with Crippen molar-refractivity contribution in [1.82, 2.24) is 4.98 Å². The van der Waals surface area contributed by atoms with E-state index in [0.717, 1.165) is 36.4 Å². The van der Waals surface area contributed by atoms with Gasteiger partial charge in [-0.2, -0.15) is 13.2 Å². The van der Waals surface area contributed by atoms with Crippen molar-refractivity contribution in [1.29, 1.82) is 0 Å². The van der Waals surface area contributed by atoms with Gasteiger partial charge in [-0.1, -0.05) is 0 Å². The predicted molar refractivity (Wildman–Crippen MR) is 141 cm³/mol. The number of benzene rings is 1. The van der Waals surface area contributed by atoms with E-state index in [1.54, 1.807) is 6.07 Å². The molecule has 0 bridgehead atoms. The van der Waals surface area contributed by atoms with E-state index < -0.39 is 34.3 Å². The summed E-state index contributed by atoms with van der Waals surface area (Å²) in [5, 5.41) is 12.6. The Morgan fingerprint density at radius 1 is 1.18 bits per heavy atom. The summed E-state index contributed by atoms with van der Waals surface area (Å²) >= 11 is 1.00. The van der Waals surface area contributed by atoms with Crippen LogP contribution in [-0.4, -0.2) is 43.3 Å². The summed E-state index contributed by atoms with van der Waals surface area (Å²) in [6.07, 6.45) is 0.416. The van der Waals surface area contributed by atoms with Gasteiger partial charge < -0.3 is 15.3 Å². The Morgan fingerprint density at radius 2 is 1.89 bits per heavy atom. The van der Waals surface area contributed by atoms with Gasteiger partial charge in [0, 0.05) is 24.7 Å². The van der Waals surface area contributed by atoms with Crippen molar-refractivity contribution in [2.24, 2.45) is 5.41 Å². The third-order valence-electron chi connectivity index (χ3n) is 7.35. The van der Waals surface area contributed by atoms with E-state index in [2.05, 4.69) is 15.0 Å². The number of pyridine rings is 1. The topological polar surface area (TPSA) is 112 Å². The van der Waals surface area contributed by atoms with E-state index in [4.69, 9.17) is 0 Å². The average molecular weight is 569 g/mol. The van der Waals surface area contributed by atoms with Crippen LogP contribution < -0.4 is 14.9 Å². The van der Waals surface area contributed by atoms with Gasteiger partial charge in [0.05, 0.1) is 45.4 Å². The maximum atomic E-state index is 13.6. The fourth-order valence-corrected chi connectivity index (χ4v) is 6.38. The van der Waals surface area contributed by atoms with E-state index in [0.29, 0.717) is 29.9 Å². The predicted octanol–water partition coefficient (Wildman–Crippen LogP) is 5.20. The number of anilines is 3. The second-order valence-electron chi connectivity index (χ2n) is 9.81. The molecule has 2 fully saturated rings. The molecular formula is C25H27F3N4O4S2. The quantitative estimate of drug-likeness (QED) is 0.361. The highest BCUT2D eigenvalue weighted by molar-refractivity contribution is 7.92. The summed E-state index contributed by atoms with van der Waals surface area (Å²) in [6, 6.07) is 5.53. The van der Waals surface area contributed by atoms with Crippen LogP contribution in [0.5, 0.6) is 0 Å². The second-order valence-corrected chi connectivity index (χ2v) is 12.9. The van der Waals surface area contributed by atoms with Crippen LogP contribution in [0, 0.1) is 5.41 Å². The Kier molecular flexibility index (Phi) is 6.81. The molecule has 1 aromatic carbocycles. The second kappa shape index (κ2) is 9.69. The van der Waals surface area contributed by atoms with Crippen LogP contribution in [0.4, 0.5) is 30.2 Å². The number of rotatable bonds is 7. The SMILES string of the molecule is CCS(=O)(=O)Nc1ccc(C(=O)Nc2c(CO)sc3ncc(C(F)(F)F)cc23)c(N2CCC3(CC2)CC3)c1. The number of halogens is 3. The third kappa shape index (κ3) is 5.32. The van der Waals surface area contributed by atoms with Crippen LogP contribution in [0.2, 0.25) is 0 Å². The summed E-state index contributed by atoms with van der Waals surface area (Å²) in [4.78, 5) is 20.0. The summed E-state index contributed by atoms with van der Waals surface area (Å²) in [5.41, 5.74) is 0.593. The van der Waals surface area contributed by atoms with Gasteiger partial charge in [-0.3, -0.25) is 9.52 Å². The molecule has 2 aromatic heterocycles.